The Balaban J connectivity index is 2.18. The van der Waals surface area contributed by atoms with Crippen molar-refractivity contribution >= 4 is 40.8 Å². The second-order valence-electron chi connectivity index (χ2n) is 4.84. The molecule has 22 heavy (non-hydrogen) atoms. The molecule has 0 bridgehead atoms. The van der Waals surface area contributed by atoms with E-state index in [9.17, 15) is 9.59 Å². The Kier molecular flexibility index (Phi) is 6.03. The number of nitrogens with zero attached hydrogens (tertiary/aromatic N) is 1. The van der Waals surface area contributed by atoms with E-state index in [0.29, 0.717) is 17.2 Å². The fourth-order valence-corrected chi connectivity index (χ4v) is 3.19. The monoisotopic (exact) mass is 335 g/mol. The van der Waals surface area contributed by atoms with Gasteiger partial charge in [-0.15, -0.1) is 11.3 Å². The van der Waals surface area contributed by atoms with Gasteiger partial charge in [0.1, 0.15) is 6.54 Å². The number of carbonyl (C=O) groups excluding carboxylic acids is 1. The number of rotatable bonds is 7. The predicted molar refractivity (Wildman–Crippen MR) is 91.8 cm³/mol. The van der Waals surface area contributed by atoms with Gasteiger partial charge < -0.3 is 5.11 Å². The van der Waals surface area contributed by atoms with Gasteiger partial charge in [-0.3, -0.25) is 14.5 Å². The molecule has 1 aromatic heterocycles. The molecule has 1 heterocycles. The van der Waals surface area contributed by atoms with Crippen LogP contribution in [0.15, 0.2) is 47.8 Å². The highest BCUT2D eigenvalue weighted by molar-refractivity contribution is 7.80. The Morgan fingerprint density at radius 3 is 2.45 bits per heavy atom. The average Bonchev–Trinajstić information content (AvgIpc) is 3.04. The summed E-state index contributed by atoms with van der Waals surface area (Å²) in [5, 5.41) is 11.5. The van der Waals surface area contributed by atoms with Gasteiger partial charge in [-0.25, -0.2) is 0 Å². The summed E-state index contributed by atoms with van der Waals surface area (Å²) in [6.07, 6.45) is 0.546. The fourth-order valence-electron chi connectivity index (χ4n) is 2.17. The summed E-state index contributed by atoms with van der Waals surface area (Å²) in [5.74, 6) is -1.22. The first-order valence-corrected chi connectivity index (χ1v) is 8.34. The van der Waals surface area contributed by atoms with Crippen LogP contribution in [0.2, 0.25) is 0 Å². The first-order valence-electron chi connectivity index (χ1n) is 6.83. The molecule has 0 saturated carbocycles. The van der Waals surface area contributed by atoms with Gasteiger partial charge in [0.05, 0.1) is 10.9 Å². The number of hydrogen-bond acceptors (Lipinski definition) is 4. The van der Waals surface area contributed by atoms with Crippen molar-refractivity contribution in [2.45, 2.75) is 6.42 Å². The fraction of sp³-hybridized carbons (Fsp3) is 0.250. The summed E-state index contributed by atoms with van der Waals surface area (Å²) < 4.78 is 0. The van der Waals surface area contributed by atoms with Gasteiger partial charge >= 0.3 is 5.97 Å². The highest BCUT2D eigenvalue weighted by atomic mass is 32.1. The van der Waals surface area contributed by atoms with E-state index in [1.165, 1.54) is 16.2 Å². The molecular formula is C16H17NO3S2. The maximum Gasteiger partial charge on any atom is 0.323 e. The lowest BCUT2D eigenvalue weighted by Crippen LogP contribution is -2.40. The average molecular weight is 335 g/mol. The van der Waals surface area contributed by atoms with Crippen LogP contribution < -0.4 is 4.90 Å². The molecule has 1 amide bonds. The van der Waals surface area contributed by atoms with Crippen LogP contribution in [0, 0.1) is 5.92 Å². The third-order valence-corrected chi connectivity index (χ3v) is 4.56. The number of thiol groups is 1. The second-order valence-corrected chi connectivity index (χ2v) is 6.13. The number of carboxylic acid groups (broad SMARTS) is 1. The van der Waals surface area contributed by atoms with Gasteiger partial charge in [0.25, 0.3) is 0 Å². The second kappa shape index (κ2) is 8.00. The number of carbonyl (C=O) groups is 2. The molecule has 0 spiro atoms. The van der Waals surface area contributed by atoms with E-state index >= 15 is 0 Å². The van der Waals surface area contributed by atoms with Gasteiger partial charge in [-0.05, 0) is 29.5 Å². The van der Waals surface area contributed by atoms with Crippen molar-refractivity contribution in [3.63, 3.8) is 0 Å². The molecule has 116 valence electrons. The molecule has 0 radical (unpaired) electrons. The van der Waals surface area contributed by atoms with Crippen LogP contribution in [0.5, 0.6) is 0 Å². The molecule has 0 aliphatic carbocycles. The van der Waals surface area contributed by atoms with E-state index in [-0.39, 0.29) is 18.4 Å². The maximum atomic E-state index is 12.7. The molecule has 0 aliphatic heterocycles. The molecule has 0 saturated heterocycles. The molecule has 2 rings (SSSR count). The molecule has 0 aliphatic rings. The van der Waals surface area contributed by atoms with E-state index < -0.39 is 5.97 Å². The van der Waals surface area contributed by atoms with Crippen LogP contribution in [0.1, 0.15) is 5.56 Å². The van der Waals surface area contributed by atoms with Crippen LogP contribution in [0.4, 0.5) is 5.00 Å². The minimum Gasteiger partial charge on any atom is -0.480 e. The number of carboxylic acids is 1. The molecule has 1 aromatic carbocycles. The lowest BCUT2D eigenvalue weighted by atomic mass is 9.99. The molecule has 0 fully saturated rings. The van der Waals surface area contributed by atoms with E-state index in [0.717, 1.165) is 5.56 Å². The smallest absolute Gasteiger partial charge is 0.323 e. The number of thiophene rings is 1. The molecule has 1 atom stereocenters. The zero-order valence-electron chi connectivity index (χ0n) is 11.9. The third kappa shape index (κ3) is 4.35. The highest BCUT2D eigenvalue weighted by Gasteiger charge is 2.27. The van der Waals surface area contributed by atoms with Crippen molar-refractivity contribution in [3.05, 3.63) is 53.4 Å². The van der Waals surface area contributed by atoms with Crippen LogP contribution in [0.25, 0.3) is 0 Å². The molecule has 1 unspecified atom stereocenters. The number of hydrogen-bond donors (Lipinski definition) is 2. The summed E-state index contributed by atoms with van der Waals surface area (Å²) >= 11 is 5.63. The Morgan fingerprint density at radius 1 is 1.18 bits per heavy atom. The number of amides is 1. The summed E-state index contributed by atoms with van der Waals surface area (Å²) in [7, 11) is 0. The van der Waals surface area contributed by atoms with Crippen LogP contribution >= 0.6 is 24.0 Å². The van der Waals surface area contributed by atoms with Crippen molar-refractivity contribution in [3.8, 4) is 0 Å². The van der Waals surface area contributed by atoms with Crippen LogP contribution in [0.3, 0.4) is 0 Å². The Labute approximate surface area is 138 Å². The SMILES string of the molecule is O=C(O)CN(C(=O)C(CS)Cc1ccccc1)c1cccs1. The number of aliphatic carboxylic acids is 1. The molecule has 4 nitrogen and oxygen atoms in total. The van der Waals surface area contributed by atoms with E-state index in [1.807, 2.05) is 35.7 Å². The van der Waals surface area contributed by atoms with Crippen LogP contribution in [-0.2, 0) is 16.0 Å². The van der Waals surface area contributed by atoms with E-state index in [2.05, 4.69) is 12.6 Å². The molecule has 2 aromatic rings. The Hall–Kier alpha value is -1.79. The molecule has 6 heteroatoms. The third-order valence-electron chi connectivity index (χ3n) is 3.23. The van der Waals surface area contributed by atoms with E-state index in [1.54, 1.807) is 12.1 Å². The minimum absolute atomic E-state index is 0.205. The highest BCUT2D eigenvalue weighted by Crippen LogP contribution is 2.24. The molecule has 1 N–H and O–H groups in total. The zero-order chi connectivity index (χ0) is 15.9. The van der Waals surface area contributed by atoms with Crippen molar-refractivity contribution in [1.29, 1.82) is 0 Å². The standard InChI is InChI=1S/C16H17NO3S2/c18-15(19)10-17(14-7-4-8-22-14)16(20)13(11-21)9-12-5-2-1-3-6-12/h1-8,13,21H,9-11H2,(H,18,19). The first-order chi connectivity index (χ1) is 10.6. The largest absolute Gasteiger partial charge is 0.480 e. The quantitative estimate of drug-likeness (QED) is 0.765. The van der Waals surface area contributed by atoms with Gasteiger partial charge in [0.2, 0.25) is 5.91 Å². The Morgan fingerprint density at radius 2 is 1.91 bits per heavy atom. The predicted octanol–water partition coefficient (Wildman–Crippen LogP) is 2.95. The van der Waals surface area contributed by atoms with Crippen molar-refractivity contribution in [2.75, 3.05) is 17.2 Å². The topological polar surface area (TPSA) is 57.6 Å². The van der Waals surface area contributed by atoms with Crippen molar-refractivity contribution in [1.82, 2.24) is 0 Å². The summed E-state index contributed by atoms with van der Waals surface area (Å²) in [6.45, 7) is -0.335. The van der Waals surface area contributed by atoms with Gasteiger partial charge in [-0.1, -0.05) is 30.3 Å². The normalized spacial score (nSPS) is 11.9. The maximum absolute atomic E-state index is 12.7. The van der Waals surface area contributed by atoms with Gasteiger partial charge in [0.15, 0.2) is 0 Å². The lowest BCUT2D eigenvalue weighted by Gasteiger charge is -2.24. The van der Waals surface area contributed by atoms with Gasteiger partial charge in [0, 0.05) is 5.75 Å². The van der Waals surface area contributed by atoms with E-state index in [4.69, 9.17) is 5.11 Å². The lowest BCUT2D eigenvalue weighted by molar-refractivity contribution is -0.137. The minimum atomic E-state index is -1.03. The summed E-state index contributed by atoms with van der Waals surface area (Å²) in [5.41, 5.74) is 1.04. The van der Waals surface area contributed by atoms with Gasteiger partial charge in [-0.2, -0.15) is 12.6 Å². The Bertz CT molecular complexity index is 614. The number of benzene rings is 1. The zero-order valence-corrected chi connectivity index (χ0v) is 13.6. The van der Waals surface area contributed by atoms with Crippen molar-refractivity contribution < 1.29 is 14.7 Å². The van der Waals surface area contributed by atoms with Crippen molar-refractivity contribution in [2.24, 2.45) is 5.92 Å². The first kappa shape index (κ1) is 16.6. The summed E-state index contributed by atoms with van der Waals surface area (Å²) in [6, 6.07) is 13.2. The number of anilines is 1. The summed E-state index contributed by atoms with van der Waals surface area (Å²) in [4.78, 5) is 25.1. The molecular weight excluding hydrogens is 318 g/mol. The van der Waals surface area contributed by atoms with Crippen LogP contribution in [-0.4, -0.2) is 29.3 Å².